The van der Waals surface area contributed by atoms with Crippen LogP contribution in [-0.4, -0.2) is 69.7 Å². The Hall–Kier alpha value is -3.67. The number of aromatic hydroxyl groups is 1. The lowest BCUT2D eigenvalue weighted by atomic mass is 10.0. The average molecular weight is 466 g/mol. The summed E-state index contributed by atoms with van der Waals surface area (Å²) in [6, 6.07) is 1.77. The van der Waals surface area contributed by atoms with Gasteiger partial charge < -0.3 is 37.0 Å². The first-order valence-corrected chi connectivity index (χ1v) is 10.3. The number of phenolic OH excluding ortho intramolecular Hbond substituents is 1. The first-order valence-electron chi connectivity index (χ1n) is 10.3. The first kappa shape index (κ1) is 27.4. The Morgan fingerprint density at radius 1 is 0.879 bits per heavy atom. The number of benzene rings is 1. The maximum atomic E-state index is 12.9. The van der Waals surface area contributed by atoms with Gasteiger partial charge >= 0.3 is 11.9 Å². The number of amides is 3. The number of nitrogens with two attached hydrogens (primary N) is 1. The summed E-state index contributed by atoms with van der Waals surface area (Å²) in [4.78, 5) is 59.7. The van der Waals surface area contributed by atoms with E-state index < -0.39 is 54.2 Å². The molecule has 3 amide bonds. The van der Waals surface area contributed by atoms with Crippen molar-refractivity contribution in [3.05, 3.63) is 29.8 Å². The highest BCUT2D eigenvalue weighted by Gasteiger charge is 2.30. The average Bonchev–Trinajstić information content (AvgIpc) is 2.72. The van der Waals surface area contributed by atoms with Crippen LogP contribution in [0.25, 0.3) is 0 Å². The van der Waals surface area contributed by atoms with E-state index in [1.54, 1.807) is 0 Å². The third-order valence-corrected chi connectivity index (χ3v) is 4.55. The van der Waals surface area contributed by atoms with Gasteiger partial charge in [-0.05, 0) is 30.0 Å². The molecule has 1 aromatic carbocycles. The van der Waals surface area contributed by atoms with E-state index in [2.05, 4.69) is 16.0 Å². The molecule has 12 heteroatoms. The van der Waals surface area contributed by atoms with E-state index in [4.69, 9.17) is 10.8 Å². The van der Waals surface area contributed by atoms with Gasteiger partial charge in [0.25, 0.3) is 0 Å². The second kappa shape index (κ2) is 13.0. The fourth-order valence-electron chi connectivity index (χ4n) is 2.95. The van der Waals surface area contributed by atoms with E-state index in [-0.39, 0.29) is 31.1 Å². The molecule has 0 heterocycles. The Morgan fingerprint density at radius 3 is 1.91 bits per heavy atom. The summed E-state index contributed by atoms with van der Waals surface area (Å²) in [5.74, 6) is -5.15. The van der Waals surface area contributed by atoms with Crippen molar-refractivity contribution in [1.29, 1.82) is 0 Å². The van der Waals surface area contributed by atoms with Crippen LogP contribution in [0.4, 0.5) is 0 Å². The number of rotatable bonds is 13. The Morgan fingerprint density at radius 2 is 1.42 bits per heavy atom. The number of carbonyl (C=O) groups is 5. The second-order valence-electron chi connectivity index (χ2n) is 7.88. The molecule has 0 fully saturated rings. The zero-order valence-electron chi connectivity index (χ0n) is 18.4. The molecule has 1 rings (SSSR count). The molecule has 0 aromatic heterocycles. The molecule has 0 aliphatic rings. The van der Waals surface area contributed by atoms with Crippen LogP contribution in [0.3, 0.4) is 0 Å². The minimum absolute atomic E-state index is 0.00940. The zero-order valence-corrected chi connectivity index (χ0v) is 18.4. The van der Waals surface area contributed by atoms with Crippen molar-refractivity contribution in [2.24, 2.45) is 11.7 Å². The van der Waals surface area contributed by atoms with Crippen molar-refractivity contribution in [2.75, 3.05) is 6.54 Å². The SMILES string of the molecule is CC(C)CC(NC(=O)CN)C(=O)NC(Cc1ccc(O)cc1)C(=O)NC(CC(=O)O)C(=O)O. The highest BCUT2D eigenvalue weighted by molar-refractivity contribution is 5.94. The monoisotopic (exact) mass is 466 g/mol. The van der Waals surface area contributed by atoms with Gasteiger partial charge in [-0.2, -0.15) is 0 Å². The van der Waals surface area contributed by atoms with E-state index in [1.165, 1.54) is 24.3 Å². The fraction of sp³-hybridized carbons (Fsp3) is 0.476. The molecule has 0 saturated heterocycles. The van der Waals surface area contributed by atoms with Crippen molar-refractivity contribution in [3.8, 4) is 5.75 Å². The molecule has 33 heavy (non-hydrogen) atoms. The number of carboxylic acids is 2. The summed E-state index contributed by atoms with van der Waals surface area (Å²) >= 11 is 0. The number of nitrogens with one attached hydrogen (secondary N) is 3. The normalized spacial score (nSPS) is 13.5. The maximum absolute atomic E-state index is 12.9. The van der Waals surface area contributed by atoms with Crippen molar-refractivity contribution < 1.29 is 39.3 Å². The van der Waals surface area contributed by atoms with Crippen molar-refractivity contribution in [3.63, 3.8) is 0 Å². The van der Waals surface area contributed by atoms with E-state index in [1.807, 2.05) is 13.8 Å². The van der Waals surface area contributed by atoms with Gasteiger partial charge in [0.15, 0.2) is 0 Å². The van der Waals surface area contributed by atoms with Gasteiger partial charge in [0.2, 0.25) is 17.7 Å². The van der Waals surface area contributed by atoms with Crippen LogP contribution < -0.4 is 21.7 Å². The first-order chi connectivity index (χ1) is 15.4. The van der Waals surface area contributed by atoms with Crippen LogP contribution in [0.5, 0.6) is 5.75 Å². The summed E-state index contributed by atoms with van der Waals surface area (Å²) in [6.45, 7) is 3.33. The van der Waals surface area contributed by atoms with Crippen LogP contribution >= 0.6 is 0 Å². The molecule has 12 nitrogen and oxygen atoms in total. The summed E-state index contributed by atoms with van der Waals surface area (Å²) < 4.78 is 0. The smallest absolute Gasteiger partial charge is 0.326 e. The summed E-state index contributed by atoms with van der Waals surface area (Å²) in [7, 11) is 0. The lowest BCUT2D eigenvalue weighted by Crippen LogP contribution is -2.57. The molecule has 182 valence electrons. The van der Waals surface area contributed by atoms with Gasteiger partial charge in [-0.1, -0.05) is 26.0 Å². The molecule has 3 atom stereocenters. The minimum Gasteiger partial charge on any atom is -0.508 e. The van der Waals surface area contributed by atoms with Crippen LogP contribution in [0.1, 0.15) is 32.3 Å². The maximum Gasteiger partial charge on any atom is 0.326 e. The number of phenols is 1. The molecule has 0 spiro atoms. The number of carbonyl (C=O) groups excluding carboxylic acids is 3. The molecule has 0 aliphatic heterocycles. The zero-order chi connectivity index (χ0) is 25.1. The molecule has 0 radical (unpaired) electrons. The predicted molar refractivity (Wildman–Crippen MR) is 116 cm³/mol. The quantitative estimate of drug-likeness (QED) is 0.189. The van der Waals surface area contributed by atoms with E-state index in [0.717, 1.165) is 0 Å². The molecule has 0 bridgehead atoms. The standard InChI is InChI=1S/C21H30N4O8/c1-11(2)7-14(23-17(27)10-22)19(30)24-15(8-12-3-5-13(26)6-4-12)20(31)25-16(21(32)33)9-18(28)29/h3-6,11,14-16,26H,7-10,22H2,1-2H3,(H,23,27)(H,24,30)(H,25,31)(H,28,29)(H,32,33). The molecule has 0 aliphatic carbocycles. The van der Waals surface area contributed by atoms with Crippen LogP contribution in [-0.2, 0) is 30.4 Å². The third-order valence-electron chi connectivity index (χ3n) is 4.55. The molecule has 1 aromatic rings. The predicted octanol–water partition coefficient (Wildman–Crippen LogP) is -1.05. The van der Waals surface area contributed by atoms with Crippen LogP contribution in [0.15, 0.2) is 24.3 Å². The molecule has 0 saturated carbocycles. The van der Waals surface area contributed by atoms with Crippen LogP contribution in [0, 0.1) is 5.92 Å². The Labute approximate surface area is 190 Å². The molecule has 3 unspecified atom stereocenters. The molecular weight excluding hydrogens is 436 g/mol. The number of carboxylic acid groups (broad SMARTS) is 2. The van der Waals surface area contributed by atoms with E-state index in [0.29, 0.717) is 5.56 Å². The molecule has 8 N–H and O–H groups in total. The van der Waals surface area contributed by atoms with Crippen molar-refractivity contribution in [2.45, 2.75) is 51.2 Å². The number of hydrogen-bond acceptors (Lipinski definition) is 7. The van der Waals surface area contributed by atoms with Gasteiger partial charge in [0, 0.05) is 6.42 Å². The minimum atomic E-state index is -1.71. The topological polar surface area (TPSA) is 208 Å². The lowest BCUT2D eigenvalue weighted by molar-refractivity contribution is -0.147. The fourth-order valence-corrected chi connectivity index (χ4v) is 2.95. The summed E-state index contributed by atoms with van der Waals surface area (Å²) in [5, 5.41) is 34.7. The van der Waals surface area contributed by atoms with Gasteiger partial charge in [-0.3, -0.25) is 19.2 Å². The van der Waals surface area contributed by atoms with Gasteiger partial charge in [0.05, 0.1) is 13.0 Å². The van der Waals surface area contributed by atoms with Crippen LogP contribution in [0.2, 0.25) is 0 Å². The van der Waals surface area contributed by atoms with E-state index >= 15 is 0 Å². The van der Waals surface area contributed by atoms with Gasteiger partial charge in [0.1, 0.15) is 23.9 Å². The number of hydrogen-bond donors (Lipinski definition) is 7. The molecular formula is C21H30N4O8. The Balaban J connectivity index is 3.13. The van der Waals surface area contributed by atoms with Crippen molar-refractivity contribution in [1.82, 2.24) is 16.0 Å². The third kappa shape index (κ3) is 9.99. The van der Waals surface area contributed by atoms with E-state index in [9.17, 15) is 34.2 Å². The number of aliphatic carboxylic acids is 2. The lowest BCUT2D eigenvalue weighted by Gasteiger charge is -2.25. The highest BCUT2D eigenvalue weighted by atomic mass is 16.4. The Bertz CT molecular complexity index is 856. The summed E-state index contributed by atoms with van der Waals surface area (Å²) in [5.41, 5.74) is 5.84. The largest absolute Gasteiger partial charge is 0.508 e. The second-order valence-corrected chi connectivity index (χ2v) is 7.88. The van der Waals surface area contributed by atoms with Gasteiger partial charge in [-0.25, -0.2) is 4.79 Å². The van der Waals surface area contributed by atoms with Crippen molar-refractivity contribution >= 4 is 29.7 Å². The summed E-state index contributed by atoms with van der Waals surface area (Å²) in [6.07, 6.45) is -0.693. The van der Waals surface area contributed by atoms with Gasteiger partial charge in [-0.15, -0.1) is 0 Å². The highest BCUT2D eigenvalue weighted by Crippen LogP contribution is 2.12. The Kier molecular flexibility index (Phi) is 10.8.